The summed E-state index contributed by atoms with van der Waals surface area (Å²) in [5.41, 5.74) is 0.602. The molecule has 0 aliphatic carbocycles. The van der Waals surface area contributed by atoms with Crippen LogP contribution in [0.25, 0.3) is 0 Å². The normalized spacial score (nSPS) is 26.0. The average molecular weight is 453 g/mol. The lowest BCUT2D eigenvalue weighted by molar-refractivity contribution is -0.132. The highest BCUT2D eigenvalue weighted by Crippen LogP contribution is 2.45. The molecule has 0 radical (unpaired) electrons. The van der Waals surface area contributed by atoms with E-state index in [4.69, 9.17) is 28.6 Å². The van der Waals surface area contributed by atoms with Gasteiger partial charge in [0.2, 0.25) is 5.91 Å². The minimum atomic E-state index is -0.954. The Morgan fingerprint density at radius 2 is 2.04 bits per heavy atom. The molecule has 2 aromatic carbocycles. The molecule has 2 aliphatic rings. The molecule has 3 atom stereocenters. The van der Waals surface area contributed by atoms with Gasteiger partial charge in [0, 0.05) is 20.7 Å². The summed E-state index contributed by atoms with van der Waals surface area (Å²) in [4.78, 5) is 13.1. The van der Waals surface area contributed by atoms with Crippen molar-refractivity contribution in [2.24, 2.45) is 5.92 Å². The van der Waals surface area contributed by atoms with Gasteiger partial charge in [-0.3, -0.25) is 4.79 Å². The molecular weight excluding hydrogens is 438 g/mol. The number of hydrogen-bond acceptors (Lipinski definition) is 3. The smallest absolute Gasteiger partial charge is 0.236 e. The molecule has 5 nitrogen and oxygen atoms in total. The van der Waals surface area contributed by atoms with Crippen LogP contribution in [0.1, 0.15) is 18.5 Å². The third kappa shape index (κ3) is 3.04. The monoisotopic (exact) mass is 451 g/mol. The van der Waals surface area contributed by atoms with Crippen molar-refractivity contribution in [1.82, 2.24) is 10.6 Å². The molecule has 8 heteroatoms. The summed E-state index contributed by atoms with van der Waals surface area (Å²) in [7, 11) is 0. The molecule has 1 amide bonds. The predicted octanol–water partition coefficient (Wildman–Crippen LogP) is 3.98. The fourth-order valence-corrected chi connectivity index (χ4v) is 4.30. The van der Waals surface area contributed by atoms with Gasteiger partial charge in [-0.15, -0.1) is 0 Å². The molecule has 0 aromatic heterocycles. The van der Waals surface area contributed by atoms with E-state index in [0.29, 0.717) is 15.8 Å². The molecule has 1 fully saturated rings. The van der Waals surface area contributed by atoms with Gasteiger partial charge < -0.3 is 20.7 Å². The van der Waals surface area contributed by atoms with Crippen molar-refractivity contribution >= 4 is 56.5 Å². The fraction of sp³-hybridized carbons (Fsp3) is 0.222. The van der Waals surface area contributed by atoms with Crippen LogP contribution in [0.4, 0.5) is 5.69 Å². The SMILES string of the molecule is C[C@@]12NC(=S)N[C@@H](c3cc(Br)ccc3O1)[C@@H]2C(=O)Nc1ccc(Cl)cc1. The Morgan fingerprint density at radius 3 is 2.77 bits per heavy atom. The molecule has 0 spiro atoms. The van der Waals surface area contributed by atoms with Crippen LogP contribution in [-0.2, 0) is 4.79 Å². The van der Waals surface area contributed by atoms with Gasteiger partial charge in [-0.1, -0.05) is 27.5 Å². The first-order valence-corrected chi connectivity index (χ1v) is 9.57. The molecule has 134 valence electrons. The van der Waals surface area contributed by atoms with Crippen molar-refractivity contribution in [3.05, 3.63) is 57.5 Å². The van der Waals surface area contributed by atoms with E-state index in [2.05, 4.69) is 31.9 Å². The van der Waals surface area contributed by atoms with Gasteiger partial charge in [0.05, 0.1) is 6.04 Å². The third-order valence-corrected chi connectivity index (χ3v) is 5.56. The Hall–Kier alpha value is -1.83. The van der Waals surface area contributed by atoms with Crippen molar-refractivity contribution in [2.75, 3.05) is 5.32 Å². The molecule has 2 aliphatic heterocycles. The van der Waals surface area contributed by atoms with E-state index in [9.17, 15) is 4.79 Å². The zero-order valence-corrected chi connectivity index (χ0v) is 16.8. The molecule has 2 aromatic rings. The van der Waals surface area contributed by atoms with Crippen molar-refractivity contribution in [3.8, 4) is 5.75 Å². The summed E-state index contributed by atoms with van der Waals surface area (Å²) in [6.45, 7) is 1.84. The second kappa shape index (κ2) is 6.40. The highest BCUT2D eigenvalue weighted by atomic mass is 79.9. The molecule has 26 heavy (non-hydrogen) atoms. The van der Waals surface area contributed by atoms with Crippen molar-refractivity contribution < 1.29 is 9.53 Å². The fourth-order valence-electron chi connectivity index (χ4n) is 3.47. The number of amides is 1. The lowest BCUT2D eigenvalue weighted by Gasteiger charge is -2.50. The Morgan fingerprint density at radius 1 is 1.31 bits per heavy atom. The highest BCUT2D eigenvalue weighted by Gasteiger charge is 2.54. The van der Waals surface area contributed by atoms with Crippen LogP contribution >= 0.6 is 39.7 Å². The first kappa shape index (κ1) is 17.6. The molecule has 3 N–H and O–H groups in total. The number of fused-ring (bicyclic) bond motifs is 4. The van der Waals surface area contributed by atoms with Crippen LogP contribution in [0.15, 0.2) is 46.9 Å². The van der Waals surface area contributed by atoms with Gasteiger partial charge in [0.15, 0.2) is 10.8 Å². The number of nitrogens with one attached hydrogen (secondary N) is 3. The van der Waals surface area contributed by atoms with Crippen LogP contribution < -0.4 is 20.7 Å². The number of halogens is 2. The highest BCUT2D eigenvalue weighted by molar-refractivity contribution is 9.10. The second-order valence-electron chi connectivity index (χ2n) is 6.44. The molecule has 4 rings (SSSR count). The van der Waals surface area contributed by atoms with E-state index in [1.165, 1.54) is 0 Å². The lowest BCUT2D eigenvalue weighted by Crippen LogP contribution is -2.70. The number of ether oxygens (including phenoxy) is 1. The van der Waals surface area contributed by atoms with E-state index >= 15 is 0 Å². The van der Waals surface area contributed by atoms with Crippen LogP contribution in [0.3, 0.4) is 0 Å². The predicted molar refractivity (Wildman–Crippen MR) is 108 cm³/mol. The average Bonchev–Trinajstić information content (AvgIpc) is 2.56. The summed E-state index contributed by atoms with van der Waals surface area (Å²) >= 11 is 14.7. The summed E-state index contributed by atoms with van der Waals surface area (Å²) < 4.78 is 7.07. The molecule has 2 bridgehead atoms. The number of hydrogen-bond donors (Lipinski definition) is 3. The lowest BCUT2D eigenvalue weighted by atomic mass is 9.80. The molecule has 1 saturated heterocycles. The maximum Gasteiger partial charge on any atom is 0.236 e. The number of benzene rings is 2. The van der Waals surface area contributed by atoms with Crippen LogP contribution in [0, 0.1) is 5.92 Å². The Balaban J connectivity index is 1.71. The van der Waals surface area contributed by atoms with E-state index in [1.54, 1.807) is 24.3 Å². The summed E-state index contributed by atoms with van der Waals surface area (Å²) in [6, 6.07) is 12.4. The number of anilines is 1. The maximum atomic E-state index is 13.1. The van der Waals surface area contributed by atoms with Crippen LogP contribution in [0.2, 0.25) is 5.02 Å². The van der Waals surface area contributed by atoms with Crippen LogP contribution in [0.5, 0.6) is 5.75 Å². The minimum absolute atomic E-state index is 0.173. The molecule has 0 unspecified atom stereocenters. The van der Waals surface area contributed by atoms with E-state index in [0.717, 1.165) is 15.8 Å². The molecule has 0 saturated carbocycles. The van der Waals surface area contributed by atoms with Crippen molar-refractivity contribution in [3.63, 3.8) is 0 Å². The first-order valence-electron chi connectivity index (χ1n) is 7.99. The zero-order chi connectivity index (χ0) is 18.5. The minimum Gasteiger partial charge on any atom is -0.467 e. The number of carbonyl (C=O) groups is 1. The van der Waals surface area contributed by atoms with Crippen molar-refractivity contribution in [1.29, 1.82) is 0 Å². The second-order valence-corrected chi connectivity index (χ2v) is 8.20. The van der Waals surface area contributed by atoms with Crippen molar-refractivity contribution in [2.45, 2.75) is 18.7 Å². The van der Waals surface area contributed by atoms with Gasteiger partial charge in [0.25, 0.3) is 0 Å². The van der Waals surface area contributed by atoms with Gasteiger partial charge in [-0.05, 0) is 61.6 Å². The summed E-state index contributed by atoms with van der Waals surface area (Å²) in [5, 5.41) is 10.3. The molecular formula is C18H15BrClN3O2S. The van der Waals surface area contributed by atoms with Gasteiger partial charge in [0.1, 0.15) is 11.7 Å². The van der Waals surface area contributed by atoms with E-state index < -0.39 is 11.6 Å². The number of thiocarbonyl (C=S) groups is 1. The quantitative estimate of drug-likeness (QED) is 0.602. The maximum absolute atomic E-state index is 13.1. The summed E-state index contributed by atoms with van der Waals surface area (Å²) in [5.74, 6) is 0.0124. The zero-order valence-electron chi connectivity index (χ0n) is 13.7. The van der Waals surface area contributed by atoms with E-state index in [-0.39, 0.29) is 11.9 Å². The largest absolute Gasteiger partial charge is 0.467 e. The van der Waals surface area contributed by atoms with Gasteiger partial charge in [-0.2, -0.15) is 0 Å². The molecule has 2 heterocycles. The summed E-state index contributed by atoms with van der Waals surface area (Å²) in [6.07, 6.45) is 0. The number of carbonyl (C=O) groups excluding carboxylic acids is 1. The Bertz CT molecular complexity index is 908. The van der Waals surface area contributed by atoms with E-state index in [1.807, 2.05) is 25.1 Å². The third-order valence-electron chi connectivity index (χ3n) is 4.60. The first-order chi connectivity index (χ1) is 12.4. The number of rotatable bonds is 2. The Kier molecular flexibility index (Phi) is 4.33. The standard InChI is InChI=1S/C18H15BrClN3O2S/c1-18-14(16(24)21-11-5-3-10(20)4-6-11)15(22-17(26)23-18)12-8-9(19)2-7-13(12)25-18/h2-8,14-15H,1H3,(H,21,24)(H2,22,23,26)/t14-,15+,18-/m1/s1. The Labute approximate surface area is 169 Å². The van der Waals surface area contributed by atoms with Gasteiger partial charge in [-0.25, -0.2) is 0 Å². The van der Waals surface area contributed by atoms with Gasteiger partial charge >= 0.3 is 0 Å². The van der Waals surface area contributed by atoms with Crippen LogP contribution in [-0.4, -0.2) is 16.7 Å². The topological polar surface area (TPSA) is 62.4 Å².